The van der Waals surface area contributed by atoms with E-state index in [0.29, 0.717) is 11.3 Å². The number of nitrogens with zero attached hydrogens (tertiary/aromatic N) is 1. The summed E-state index contributed by atoms with van der Waals surface area (Å²) in [4.78, 5) is 15.9. The number of nitrogens with two attached hydrogens (primary N) is 1. The Balaban J connectivity index is 2.23. The van der Waals surface area contributed by atoms with Gasteiger partial charge in [0, 0.05) is 10.7 Å². The number of pyridine rings is 1. The lowest BCUT2D eigenvalue weighted by Crippen LogP contribution is -2.13. The topological polar surface area (TPSA) is 68.0 Å². The van der Waals surface area contributed by atoms with Gasteiger partial charge in [0.2, 0.25) is 0 Å². The normalized spacial score (nSPS) is 10.3. The molecule has 98 valence electrons. The lowest BCUT2D eigenvalue weighted by molar-refractivity contribution is 0.102. The SMILES string of the molecule is Cc1ccc(NC(=O)c2cnc(N)c(Cl)c2)c(Br)c1. The Hall–Kier alpha value is -1.59. The molecule has 0 saturated heterocycles. The number of amides is 1. The van der Waals surface area contributed by atoms with Crippen molar-refractivity contribution in [2.45, 2.75) is 6.92 Å². The van der Waals surface area contributed by atoms with E-state index in [1.807, 2.05) is 25.1 Å². The van der Waals surface area contributed by atoms with Gasteiger partial charge in [-0.25, -0.2) is 4.98 Å². The third-order valence-electron chi connectivity index (χ3n) is 2.50. The standard InChI is InChI=1S/C13H11BrClN3O/c1-7-2-3-11(9(14)4-7)18-13(19)8-5-10(15)12(16)17-6-8/h2-6H,1H3,(H2,16,17)(H,18,19). The van der Waals surface area contributed by atoms with Crippen LogP contribution < -0.4 is 11.1 Å². The van der Waals surface area contributed by atoms with Crippen molar-refractivity contribution in [2.24, 2.45) is 0 Å². The predicted molar refractivity (Wildman–Crippen MR) is 80.5 cm³/mol. The van der Waals surface area contributed by atoms with Crippen LogP contribution in [0.1, 0.15) is 15.9 Å². The number of benzene rings is 1. The van der Waals surface area contributed by atoms with Gasteiger partial charge in [-0.05, 0) is 46.6 Å². The molecule has 6 heteroatoms. The van der Waals surface area contributed by atoms with E-state index in [4.69, 9.17) is 17.3 Å². The molecule has 0 aliphatic carbocycles. The minimum Gasteiger partial charge on any atom is -0.382 e. The molecule has 2 rings (SSSR count). The number of nitrogen functional groups attached to an aromatic ring is 1. The number of anilines is 2. The van der Waals surface area contributed by atoms with Gasteiger partial charge in [0.1, 0.15) is 5.82 Å². The maximum absolute atomic E-state index is 12.0. The molecule has 0 unspecified atom stereocenters. The minimum absolute atomic E-state index is 0.203. The molecule has 19 heavy (non-hydrogen) atoms. The molecule has 0 bridgehead atoms. The lowest BCUT2D eigenvalue weighted by atomic mass is 10.2. The summed E-state index contributed by atoms with van der Waals surface area (Å²) >= 11 is 9.23. The highest BCUT2D eigenvalue weighted by Gasteiger charge is 2.10. The van der Waals surface area contributed by atoms with Crippen LogP contribution in [0.3, 0.4) is 0 Å². The summed E-state index contributed by atoms with van der Waals surface area (Å²) in [5.41, 5.74) is 7.64. The van der Waals surface area contributed by atoms with E-state index in [1.165, 1.54) is 12.3 Å². The van der Waals surface area contributed by atoms with E-state index in [2.05, 4.69) is 26.2 Å². The first-order valence-electron chi connectivity index (χ1n) is 5.46. The van der Waals surface area contributed by atoms with Crippen molar-refractivity contribution in [3.05, 3.63) is 51.1 Å². The van der Waals surface area contributed by atoms with Crippen LogP contribution in [-0.2, 0) is 0 Å². The molecular weight excluding hydrogens is 330 g/mol. The zero-order valence-corrected chi connectivity index (χ0v) is 12.4. The summed E-state index contributed by atoms with van der Waals surface area (Å²) in [6.07, 6.45) is 1.39. The van der Waals surface area contributed by atoms with Crippen molar-refractivity contribution in [1.82, 2.24) is 4.98 Å². The Morgan fingerprint density at radius 2 is 2.16 bits per heavy atom. The zero-order valence-electron chi connectivity index (χ0n) is 10.1. The Morgan fingerprint density at radius 1 is 1.42 bits per heavy atom. The van der Waals surface area contributed by atoms with Gasteiger partial charge in [-0.1, -0.05) is 17.7 Å². The van der Waals surface area contributed by atoms with Gasteiger partial charge in [-0.15, -0.1) is 0 Å². The lowest BCUT2D eigenvalue weighted by Gasteiger charge is -2.08. The molecule has 0 saturated carbocycles. The van der Waals surface area contributed by atoms with Crippen molar-refractivity contribution in [3.63, 3.8) is 0 Å². The number of hydrogen-bond donors (Lipinski definition) is 2. The fourth-order valence-electron chi connectivity index (χ4n) is 1.49. The highest BCUT2D eigenvalue weighted by Crippen LogP contribution is 2.24. The number of aromatic nitrogens is 1. The first kappa shape index (κ1) is 13.8. The molecule has 0 atom stereocenters. The van der Waals surface area contributed by atoms with Crippen molar-refractivity contribution >= 4 is 44.9 Å². The molecule has 1 aromatic heterocycles. The molecule has 0 spiro atoms. The number of rotatable bonds is 2. The first-order chi connectivity index (χ1) is 8.97. The van der Waals surface area contributed by atoms with Gasteiger partial charge >= 0.3 is 0 Å². The Morgan fingerprint density at radius 3 is 2.79 bits per heavy atom. The van der Waals surface area contributed by atoms with Gasteiger partial charge in [-0.3, -0.25) is 4.79 Å². The second-order valence-electron chi connectivity index (χ2n) is 4.03. The fraction of sp³-hybridized carbons (Fsp3) is 0.0769. The van der Waals surface area contributed by atoms with Crippen LogP contribution >= 0.6 is 27.5 Å². The van der Waals surface area contributed by atoms with E-state index in [9.17, 15) is 4.79 Å². The molecule has 1 heterocycles. The van der Waals surface area contributed by atoms with Crippen LogP contribution in [0.2, 0.25) is 5.02 Å². The van der Waals surface area contributed by atoms with E-state index < -0.39 is 0 Å². The van der Waals surface area contributed by atoms with E-state index in [1.54, 1.807) is 0 Å². The second kappa shape index (κ2) is 5.59. The van der Waals surface area contributed by atoms with Crippen molar-refractivity contribution in [3.8, 4) is 0 Å². The minimum atomic E-state index is -0.293. The Labute approximate surface area is 124 Å². The van der Waals surface area contributed by atoms with E-state index in [-0.39, 0.29) is 16.7 Å². The van der Waals surface area contributed by atoms with Crippen LogP contribution in [0.4, 0.5) is 11.5 Å². The first-order valence-corrected chi connectivity index (χ1v) is 6.63. The van der Waals surface area contributed by atoms with Gasteiger partial charge in [-0.2, -0.15) is 0 Å². The number of hydrogen-bond acceptors (Lipinski definition) is 3. The molecule has 1 amide bonds. The molecule has 0 aliphatic rings. The van der Waals surface area contributed by atoms with Crippen LogP contribution in [-0.4, -0.2) is 10.9 Å². The van der Waals surface area contributed by atoms with Crippen molar-refractivity contribution in [2.75, 3.05) is 11.1 Å². The van der Waals surface area contributed by atoms with Gasteiger partial charge in [0.15, 0.2) is 0 Å². The van der Waals surface area contributed by atoms with E-state index in [0.717, 1.165) is 10.0 Å². The number of carbonyl (C=O) groups excluding carboxylic acids is 1. The van der Waals surface area contributed by atoms with Gasteiger partial charge in [0.25, 0.3) is 5.91 Å². The fourth-order valence-corrected chi connectivity index (χ4v) is 2.25. The second-order valence-corrected chi connectivity index (χ2v) is 5.29. The molecule has 0 radical (unpaired) electrons. The van der Waals surface area contributed by atoms with Crippen molar-refractivity contribution < 1.29 is 4.79 Å². The average molecular weight is 341 g/mol. The maximum Gasteiger partial charge on any atom is 0.257 e. The predicted octanol–water partition coefficient (Wildman–Crippen LogP) is 3.64. The molecule has 4 nitrogen and oxygen atoms in total. The van der Waals surface area contributed by atoms with Crippen LogP contribution in [0.5, 0.6) is 0 Å². The molecule has 2 aromatic rings. The molecular formula is C13H11BrClN3O. The quantitative estimate of drug-likeness (QED) is 0.877. The van der Waals surface area contributed by atoms with Gasteiger partial charge < -0.3 is 11.1 Å². The third kappa shape index (κ3) is 3.24. The summed E-state index contributed by atoms with van der Waals surface area (Å²) in [6.45, 7) is 1.97. The molecule has 0 fully saturated rings. The highest BCUT2D eigenvalue weighted by molar-refractivity contribution is 9.10. The summed E-state index contributed by atoms with van der Waals surface area (Å²) in [5.74, 6) is -0.0892. The van der Waals surface area contributed by atoms with Crippen molar-refractivity contribution in [1.29, 1.82) is 0 Å². The molecule has 0 aliphatic heterocycles. The summed E-state index contributed by atoms with van der Waals surface area (Å²) in [5, 5.41) is 3.03. The monoisotopic (exact) mass is 339 g/mol. The molecule has 1 aromatic carbocycles. The maximum atomic E-state index is 12.0. The summed E-state index contributed by atoms with van der Waals surface area (Å²) in [6, 6.07) is 7.14. The number of nitrogens with one attached hydrogen (secondary N) is 1. The number of halogens is 2. The molecule has 3 N–H and O–H groups in total. The summed E-state index contributed by atoms with van der Waals surface area (Å²) in [7, 11) is 0. The van der Waals surface area contributed by atoms with Crippen LogP contribution in [0.15, 0.2) is 34.9 Å². The number of aryl methyl sites for hydroxylation is 1. The Kier molecular flexibility index (Phi) is 4.07. The Bertz CT molecular complexity index is 646. The average Bonchev–Trinajstić information content (AvgIpc) is 2.36. The van der Waals surface area contributed by atoms with Gasteiger partial charge in [0.05, 0.1) is 16.3 Å². The highest BCUT2D eigenvalue weighted by atomic mass is 79.9. The third-order valence-corrected chi connectivity index (χ3v) is 3.46. The van der Waals surface area contributed by atoms with Crippen LogP contribution in [0.25, 0.3) is 0 Å². The summed E-state index contributed by atoms with van der Waals surface area (Å²) < 4.78 is 0.815. The number of carbonyl (C=O) groups is 1. The zero-order chi connectivity index (χ0) is 14.0. The largest absolute Gasteiger partial charge is 0.382 e. The van der Waals surface area contributed by atoms with Crippen LogP contribution in [0, 0.1) is 6.92 Å². The van der Waals surface area contributed by atoms with E-state index >= 15 is 0 Å². The smallest absolute Gasteiger partial charge is 0.257 e.